The van der Waals surface area contributed by atoms with Crippen LogP contribution in [0.15, 0.2) is 51.6 Å². The highest BCUT2D eigenvalue weighted by atomic mass is 79.9. The molecule has 1 aromatic heterocycles. The van der Waals surface area contributed by atoms with Crippen LogP contribution in [-0.4, -0.2) is 54.3 Å². The van der Waals surface area contributed by atoms with Gasteiger partial charge >= 0.3 is 0 Å². The van der Waals surface area contributed by atoms with Crippen LogP contribution in [-0.2, 0) is 9.59 Å². The third kappa shape index (κ3) is 6.42. The lowest BCUT2D eigenvalue weighted by Crippen LogP contribution is -2.49. The summed E-state index contributed by atoms with van der Waals surface area (Å²) in [6, 6.07) is 9.60. The summed E-state index contributed by atoms with van der Waals surface area (Å²) < 4.78 is 5.82. The van der Waals surface area contributed by atoms with E-state index in [1.807, 2.05) is 18.4 Å². The van der Waals surface area contributed by atoms with Gasteiger partial charge in [0.1, 0.15) is 6.04 Å². The van der Waals surface area contributed by atoms with Gasteiger partial charge in [0.05, 0.1) is 18.5 Å². The molecule has 3 amide bonds. The molecule has 1 heterocycles. The van der Waals surface area contributed by atoms with E-state index in [9.17, 15) is 14.4 Å². The molecule has 0 aliphatic rings. The number of para-hydroxylation sites is 1. The molecule has 150 valence electrons. The fraction of sp³-hybridized carbons (Fsp3) is 0.316. The van der Waals surface area contributed by atoms with Gasteiger partial charge in [-0.05, 0) is 58.6 Å². The second kappa shape index (κ2) is 10.9. The average molecular weight is 468 g/mol. The van der Waals surface area contributed by atoms with Gasteiger partial charge in [0, 0.05) is 11.5 Å². The predicted octanol–water partition coefficient (Wildman–Crippen LogP) is 2.99. The number of thioether (sulfide) groups is 1. The highest BCUT2D eigenvalue weighted by Crippen LogP contribution is 2.21. The quantitative estimate of drug-likeness (QED) is 0.591. The molecule has 2 rings (SSSR count). The number of likely N-dealkylation sites (N-methyl/N-ethyl adjacent to an activating group) is 1. The smallest absolute Gasteiger partial charge is 0.287 e. The van der Waals surface area contributed by atoms with Gasteiger partial charge in [0.25, 0.3) is 5.91 Å². The molecule has 0 aliphatic carbocycles. The van der Waals surface area contributed by atoms with Crippen molar-refractivity contribution < 1.29 is 18.8 Å². The molecule has 0 saturated carbocycles. The van der Waals surface area contributed by atoms with Crippen LogP contribution in [0, 0.1) is 0 Å². The Balaban J connectivity index is 1.98. The molecule has 0 fully saturated rings. The summed E-state index contributed by atoms with van der Waals surface area (Å²) >= 11 is 4.93. The van der Waals surface area contributed by atoms with E-state index in [0.29, 0.717) is 17.9 Å². The SMILES string of the molecule is CSCC[C@@H](NC(=O)c1ccco1)C(=O)N(C)CC(=O)Nc1ccccc1Br. The number of nitrogens with one attached hydrogen (secondary N) is 2. The van der Waals surface area contributed by atoms with E-state index in [1.165, 1.54) is 24.3 Å². The Morgan fingerprint density at radius 1 is 1.21 bits per heavy atom. The van der Waals surface area contributed by atoms with Crippen molar-refractivity contribution in [2.45, 2.75) is 12.5 Å². The van der Waals surface area contributed by atoms with E-state index in [-0.39, 0.29) is 24.1 Å². The zero-order chi connectivity index (χ0) is 20.5. The van der Waals surface area contributed by atoms with Crippen molar-refractivity contribution in [3.05, 3.63) is 52.9 Å². The minimum atomic E-state index is -0.744. The second-order valence-electron chi connectivity index (χ2n) is 6.01. The van der Waals surface area contributed by atoms with Crippen molar-refractivity contribution in [2.75, 3.05) is 30.9 Å². The van der Waals surface area contributed by atoms with Crippen LogP contribution >= 0.6 is 27.7 Å². The number of amides is 3. The van der Waals surface area contributed by atoms with E-state index in [4.69, 9.17) is 4.42 Å². The van der Waals surface area contributed by atoms with Crippen LogP contribution in [0.25, 0.3) is 0 Å². The fourth-order valence-electron chi connectivity index (χ4n) is 2.44. The molecule has 0 saturated heterocycles. The lowest BCUT2D eigenvalue weighted by Gasteiger charge is -2.24. The minimum Gasteiger partial charge on any atom is -0.459 e. The molecule has 7 nitrogen and oxygen atoms in total. The summed E-state index contributed by atoms with van der Waals surface area (Å²) in [6.45, 7) is -0.132. The number of hydrogen-bond acceptors (Lipinski definition) is 5. The normalized spacial score (nSPS) is 11.5. The molecule has 28 heavy (non-hydrogen) atoms. The zero-order valence-corrected chi connectivity index (χ0v) is 18.0. The van der Waals surface area contributed by atoms with Gasteiger partial charge in [-0.3, -0.25) is 14.4 Å². The fourth-order valence-corrected chi connectivity index (χ4v) is 3.30. The summed E-state index contributed by atoms with van der Waals surface area (Å²) in [6.07, 6.45) is 3.76. The summed E-state index contributed by atoms with van der Waals surface area (Å²) in [5, 5.41) is 5.45. The number of carbonyl (C=O) groups is 3. The number of halogens is 1. The molecule has 0 bridgehead atoms. The topological polar surface area (TPSA) is 91.7 Å². The standard InChI is InChI=1S/C19H22BrN3O4S/c1-23(12-17(24)21-14-7-4-3-6-13(14)20)19(26)15(9-11-28-2)22-18(25)16-8-5-10-27-16/h3-8,10,15H,9,11-12H2,1-2H3,(H,21,24)(H,22,25)/t15-/m1/s1. The number of carbonyl (C=O) groups excluding carboxylic acids is 3. The van der Waals surface area contributed by atoms with Gasteiger partial charge in [-0.1, -0.05) is 12.1 Å². The van der Waals surface area contributed by atoms with E-state index in [0.717, 1.165) is 4.47 Å². The van der Waals surface area contributed by atoms with Crippen molar-refractivity contribution in [3.8, 4) is 0 Å². The van der Waals surface area contributed by atoms with E-state index < -0.39 is 11.9 Å². The van der Waals surface area contributed by atoms with Gasteiger partial charge < -0.3 is 20.0 Å². The molecular formula is C19H22BrN3O4S. The van der Waals surface area contributed by atoms with E-state index in [2.05, 4.69) is 26.6 Å². The molecule has 1 aromatic carbocycles. The van der Waals surface area contributed by atoms with Crippen molar-refractivity contribution >= 4 is 51.1 Å². The Kier molecular flexibility index (Phi) is 8.59. The summed E-state index contributed by atoms with van der Waals surface area (Å²) in [5.74, 6) is -0.307. The Hall–Kier alpha value is -2.26. The number of hydrogen-bond donors (Lipinski definition) is 2. The lowest BCUT2D eigenvalue weighted by molar-refractivity contribution is -0.135. The summed E-state index contributed by atoms with van der Waals surface area (Å²) in [7, 11) is 1.53. The first-order valence-corrected chi connectivity index (χ1v) is 10.7. The van der Waals surface area contributed by atoms with Crippen LogP contribution < -0.4 is 10.6 Å². The van der Waals surface area contributed by atoms with Crippen LogP contribution in [0.1, 0.15) is 17.0 Å². The van der Waals surface area contributed by atoms with Crippen LogP contribution in [0.5, 0.6) is 0 Å². The highest BCUT2D eigenvalue weighted by Gasteiger charge is 2.26. The Morgan fingerprint density at radius 2 is 1.96 bits per heavy atom. The highest BCUT2D eigenvalue weighted by molar-refractivity contribution is 9.10. The maximum atomic E-state index is 12.8. The maximum Gasteiger partial charge on any atom is 0.287 e. The monoisotopic (exact) mass is 467 g/mol. The predicted molar refractivity (Wildman–Crippen MR) is 113 cm³/mol. The van der Waals surface area contributed by atoms with E-state index >= 15 is 0 Å². The summed E-state index contributed by atoms with van der Waals surface area (Å²) in [5.41, 5.74) is 0.624. The summed E-state index contributed by atoms with van der Waals surface area (Å²) in [4.78, 5) is 38.6. The zero-order valence-electron chi connectivity index (χ0n) is 15.6. The molecule has 0 unspecified atom stereocenters. The Bertz CT molecular complexity index is 813. The first kappa shape index (κ1) is 22.0. The molecule has 2 N–H and O–H groups in total. The molecule has 0 radical (unpaired) electrons. The van der Waals surface area contributed by atoms with Gasteiger partial charge in [0.15, 0.2) is 5.76 Å². The van der Waals surface area contributed by atoms with Crippen molar-refractivity contribution in [1.82, 2.24) is 10.2 Å². The van der Waals surface area contributed by atoms with Gasteiger partial charge in [-0.2, -0.15) is 11.8 Å². The first-order chi connectivity index (χ1) is 13.4. The van der Waals surface area contributed by atoms with Crippen molar-refractivity contribution in [2.24, 2.45) is 0 Å². The van der Waals surface area contributed by atoms with Crippen LogP contribution in [0.2, 0.25) is 0 Å². The number of benzene rings is 1. The van der Waals surface area contributed by atoms with Gasteiger partial charge in [0.2, 0.25) is 11.8 Å². The molecule has 0 spiro atoms. The number of furan rings is 1. The van der Waals surface area contributed by atoms with Crippen LogP contribution in [0.3, 0.4) is 0 Å². The molecule has 1 atom stereocenters. The molecule has 2 aromatic rings. The van der Waals surface area contributed by atoms with Crippen molar-refractivity contribution in [1.29, 1.82) is 0 Å². The van der Waals surface area contributed by atoms with Crippen LogP contribution in [0.4, 0.5) is 5.69 Å². The van der Waals surface area contributed by atoms with Gasteiger partial charge in [-0.25, -0.2) is 0 Å². The van der Waals surface area contributed by atoms with Crippen molar-refractivity contribution in [3.63, 3.8) is 0 Å². The third-order valence-corrected chi connectivity index (χ3v) is 5.20. The second-order valence-corrected chi connectivity index (χ2v) is 7.85. The maximum absolute atomic E-state index is 12.8. The number of rotatable bonds is 9. The molecular weight excluding hydrogens is 446 g/mol. The van der Waals surface area contributed by atoms with E-state index in [1.54, 1.807) is 30.0 Å². The Morgan fingerprint density at radius 3 is 2.61 bits per heavy atom. The van der Waals surface area contributed by atoms with Gasteiger partial charge in [-0.15, -0.1) is 0 Å². The number of anilines is 1. The number of nitrogens with zero attached hydrogens (tertiary/aromatic N) is 1. The molecule has 9 heteroatoms. The first-order valence-electron chi connectivity index (χ1n) is 8.55. The largest absolute Gasteiger partial charge is 0.459 e. The third-order valence-electron chi connectivity index (χ3n) is 3.86. The Labute approximate surface area is 176 Å². The lowest BCUT2D eigenvalue weighted by atomic mass is 10.2. The average Bonchev–Trinajstić information content (AvgIpc) is 3.21. The minimum absolute atomic E-state index is 0.132. The molecule has 0 aliphatic heterocycles.